The second-order valence-electron chi connectivity index (χ2n) is 2.43. The van der Waals surface area contributed by atoms with Crippen molar-refractivity contribution in [2.75, 3.05) is 0 Å². The number of rotatable bonds is 3. The van der Waals surface area contributed by atoms with Gasteiger partial charge in [0.05, 0.1) is 11.3 Å². The monoisotopic (exact) mass is 185 g/mol. The van der Waals surface area contributed by atoms with Crippen LogP contribution in [0.15, 0.2) is 6.20 Å². The molecular weight excluding hydrogens is 178 g/mol. The van der Waals surface area contributed by atoms with Crippen LogP contribution in [0.2, 0.25) is 0 Å². The number of aryl methyl sites for hydroxylation is 1. The van der Waals surface area contributed by atoms with Crippen LogP contribution in [0.3, 0.4) is 0 Å². The smallest absolute Gasteiger partial charge is 0.310 e. The van der Waals surface area contributed by atoms with E-state index in [1.165, 1.54) is 11.7 Å². The van der Waals surface area contributed by atoms with Crippen LogP contribution in [-0.4, -0.2) is 25.8 Å². The summed E-state index contributed by atoms with van der Waals surface area (Å²) in [6, 6.07) is 0. The minimum Gasteiger partial charge on any atom is -0.481 e. The molecular formula is C6H7N3O4. The third-order valence-electron chi connectivity index (χ3n) is 1.55. The fourth-order valence-electron chi connectivity index (χ4n) is 0.952. The quantitative estimate of drug-likeness (QED) is 0.526. The molecule has 0 saturated heterocycles. The first-order valence-electron chi connectivity index (χ1n) is 3.39. The van der Waals surface area contributed by atoms with Gasteiger partial charge in [0, 0.05) is 7.05 Å². The first-order chi connectivity index (χ1) is 6.02. The highest BCUT2D eigenvalue weighted by molar-refractivity contribution is 5.71. The molecule has 13 heavy (non-hydrogen) atoms. The van der Waals surface area contributed by atoms with Crippen molar-refractivity contribution in [1.82, 2.24) is 9.78 Å². The van der Waals surface area contributed by atoms with Crippen LogP contribution in [0.4, 0.5) is 5.69 Å². The summed E-state index contributed by atoms with van der Waals surface area (Å²) in [7, 11) is 1.46. The van der Waals surface area contributed by atoms with Gasteiger partial charge in [0.25, 0.3) is 0 Å². The topological polar surface area (TPSA) is 98.3 Å². The normalized spacial score (nSPS) is 9.92. The summed E-state index contributed by atoms with van der Waals surface area (Å²) in [6.07, 6.45) is 0.644. The van der Waals surface area contributed by atoms with Gasteiger partial charge < -0.3 is 5.11 Å². The van der Waals surface area contributed by atoms with Crippen LogP contribution >= 0.6 is 0 Å². The van der Waals surface area contributed by atoms with Crippen LogP contribution < -0.4 is 0 Å². The van der Waals surface area contributed by atoms with Crippen LogP contribution in [-0.2, 0) is 18.3 Å². The Morgan fingerprint density at radius 3 is 2.92 bits per heavy atom. The van der Waals surface area contributed by atoms with Crippen molar-refractivity contribution in [3.8, 4) is 0 Å². The van der Waals surface area contributed by atoms with Gasteiger partial charge in [-0.05, 0) is 0 Å². The molecule has 0 aromatic carbocycles. The van der Waals surface area contributed by atoms with E-state index < -0.39 is 17.3 Å². The number of hydrogen-bond acceptors (Lipinski definition) is 4. The van der Waals surface area contributed by atoms with Crippen LogP contribution in [0.25, 0.3) is 0 Å². The fourth-order valence-corrected chi connectivity index (χ4v) is 0.952. The van der Waals surface area contributed by atoms with Crippen molar-refractivity contribution in [3.63, 3.8) is 0 Å². The highest BCUT2D eigenvalue weighted by atomic mass is 16.6. The van der Waals surface area contributed by atoms with Crippen molar-refractivity contribution in [2.24, 2.45) is 7.05 Å². The van der Waals surface area contributed by atoms with Gasteiger partial charge >= 0.3 is 11.7 Å². The first kappa shape index (κ1) is 9.17. The van der Waals surface area contributed by atoms with Crippen LogP contribution in [0.1, 0.15) is 5.69 Å². The number of carboxylic acid groups (broad SMARTS) is 1. The van der Waals surface area contributed by atoms with E-state index in [-0.39, 0.29) is 11.4 Å². The third kappa shape index (κ3) is 1.81. The standard InChI is InChI=1S/C6H7N3O4/c1-8-4(2-6(10)11)5(3-7-8)9(12)13/h3H,2H2,1H3,(H,10,11). The van der Waals surface area contributed by atoms with Gasteiger partial charge in [0.2, 0.25) is 0 Å². The lowest BCUT2D eigenvalue weighted by Gasteiger charge is -1.96. The molecule has 1 N–H and O–H groups in total. The summed E-state index contributed by atoms with van der Waals surface area (Å²) in [5, 5.41) is 22.4. The molecule has 0 aliphatic rings. The molecule has 0 bridgehead atoms. The summed E-state index contributed by atoms with van der Waals surface area (Å²) < 4.78 is 1.19. The van der Waals surface area contributed by atoms with Crippen molar-refractivity contribution >= 4 is 11.7 Å². The Bertz CT molecular complexity index is 357. The molecule has 0 saturated carbocycles. The molecule has 0 radical (unpaired) electrons. The first-order valence-corrected chi connectivity index (χ1v) is 3.39. The Hall–Kier alpha value is -1.92. The van der Waals surface area contributed by atoms with E-state index in [0.717, 1.165) is 6.20 Å². The number of nitro groups is 1. The van der Waals surface area contributed by atoms with E-state index in [4.69, 9.17) is 5.11 Å². The SMILES string of the molecule is Cn1ncc([N+](=O)[O-])c1CC(=O)O. The maximum atomic E-state index is 10.4. The Labute approximate surface area is 72.7 Å². The zero-order valence-corrected chi connectivity index (χ0v) is 6.80. The summed E-state index contributed by atoms with van der Waals surface area (Å²) >= 11 is 0. The molecule has 1 rings (SSSR count). The third-order valence-corrected chi connectivity index (χ3v) is 1.55. The molecule has 0 amide bonds. The minimum atomic E-state index is -1.12. The molecule has 7 nitrogen and oxygen atoms in total. The number of carboxylic acids is 1. The second kappa shape index (κ2) is 3.21. The van der Waals surface area contributed by atoms with Crippen molar-refractivity contribution in [2.45, 2.75) is 6.42 Å². The van der Waals surface area contributed by atoms with E-state index in [9.17, 15) is 14.9 Å². The van der Waals surface area contributed by atoms with Crippen molar-refractivity contribution in [1.29, 1.82) is 0 Å². The van der Waals surface area contributed by atoms with Crippen LogP contribution in [0.5, 0.6) is 0 Å². The molecule has 0 fully saturated rings. The van der Waals surface area contributed by atoms with Gasteiger partial charge in [-0.1, -0.05) is 0 Å². The zero-order chi connectivity index (χ0) is 10.0. The molecule has 0 atom stereocenters. The zero-order valence-electron chi connectivity index (χ0n) is 6.80. The van der Waals surface area contributed by atoms with Crippen molar-refractivity contribution < 1.29 is 14.8 Å². The fraction of sp³-hybridized carbons (Fsp3) is 0.333. The lowest BCUT2D eigenvalue weighted by Crippen LogP contribution is -2.07. The minimum absolute atomic E-state index is 0.0949. The van der Waals surface area contributed by atoms with Crippen molar-refractivity contribution in [3.05, 3.63) is 22.0 Å². The predicted octanol–water partition coefficient (Wildman–Crippen LogP) is -0.0446. The van der Waals surface area contributed by atoms with E-state index in [2.05, 4.69) is 5.10 Å². The number of hydrogen-bond donors (Lipinski definition) is 1. The molecule has 1 heterocycles. The average molecular weight is 185 g/mol. The molecule has 0 unspecified atom stereocenters. The maximum absolute atomic E-state index is 10.4. The molecule has 70 valence electrons. The van der Waals surface area contributed by atoms with Gasteiger partial charge in [-0.25, -0.2) is 0 Å². The van der Waals surface area contributed by atoms with Gasteiger partial charge in [-0.2, -0.15) is 5.10 Å². The van der Waals surface area contributed by atoms with E-state index in [0.29, 0.717) is 0 Å². The Morgan fingerprint density at radius 2 is 2.46 bits per heavy atom. The number of aromatic nitrogens is 2. The van der Waals surface area contributed by atoms with Crippen LogP contribution in [0, 0.1) is 10.1 Å². The van der Waals surface area contributed by atoms with Gasteiger partial charge in [-0.15, -0.1) is 0 Å². The Morgan fingerprint density at radius 1 is 1.85 bits per heavy atom. The highest BCUT2D eigenvalue weighted by Crippen LogP contribution is 2.16. The highest BCUT2D eigenvalue weighted by Gasteiger charge is 2.20. The van der Waals surface area contributed by atoms with E-state index in [1.807, 2.05) is 0 Å². The summed E-state index contributed by atoms with van der Waals surface area (Å²) in [6.45, 7) is 0. The van der Waals surface area contributed by atoms with E-state index >= 15 is 0 Å². The number of carbonyl (C=O) groups is 1. The Kier molecular flexibility index (Phi) is 2.27. The van der Waals surface area contributed by atoms with E-state index in [1.54, 1.807) is 0 Å². The molecule has 1 aromatic rings. The largest absolute Gasteiger partial charge is 0.481 e. The molecule has 0 spiro atoms. The number of nitrogens with zero attached hydrogens (tertiary/aromatic N) is 3. The maximum Gasteiger partial charge on any atom is 0.310 e. The lowest BCUT2D eigenvalue weighted by molar-refractivity contribution is -0.385. The summed E-state index contributed by atoms with van der Waals surface area (Å²) in [4.78, 5) is 20.1. The molecule has 0 aliphatic heterocycles. The Balaban J connectivity index is 3.08. The summed E-state index contributed by atoms with van der Waals surface area (Å²) in [5.74, 6) is -1.12. The predicted molar refractivity (Wildman–Crippen MR) is 41.2 cm³/mol. The average Bonchev–Trinajstić information content (AvgIpc) is 2.32. The molecule has 7 heteroatoms. The lowest BCUT2D eigenvalue weighted by atomic mass is 10.3. The molecule has 0 aliphatic carbocycles. The van der Waals surface area contributed by atoms with Gasteiger partial charge in [0.15, 0.2) is 0 Å². The second-order valence-corrected chi connectivity index (χ2v) is 2.43. The number of aliphatic carboxylic acids is 1. The van der Waals surface area contributed by atoms with Gasteiger partial charge in [0.1, 0.15) is 11.9 Å². The van der Waals surface area contributed by atoms with Gasteiger partial charge in [-0.3, -0.25) is 19.6 Å². The summed E-state index contributed by atoms with van der Waals surface area (Å²) in [5.41, 5.74) is -0.164. The molecule has 1 aromatic heterocycles.